The second-order valence-corrected chi connectivity index (χ2v) is 6.36. The highest BCUT2D eigenvalue weighted by Gasteiger charge is 2.38. The third-order valence-electron chi connectivity index (χ3n) is 4.76. The maximum Gasteiger partial charge on any atom is 0.218 e. The van der Waals surface area contributed by atoms with Crippen molar-refractivity contribution in [2.75, 3.05) is 37.1 Å². The number of anilines is 2. The van der Waals surface area contributed by atoms with Crippen molar-refractivity contribution in [1.29, 1.82) is 0 Å². The number of nitrogens with zero attached hydrogens (tertiary/aromatic N) is 6. The van der Waals surface area contributed by atoms with E-state index in [9.17, 15) is 0 Å². The Morgan fingerprint density at radius 1 is 0.920 bits per heavy atom. The van der Waals surface area contributed by atoms with Crippen LogP contribution in [0, 0.1) is 0 Å². The molecule has 1 aliphatic carbocycles. The van der Waals surface area contributed by atoms with E-state index in [0.717, 1.165) is 31.1 Å². The van der Waals surface area contributed by atoms with Crippen LogP contribution in [0.3, 0.4) is 0 Å². The van der Waals surface area contributed by atoms with Crippen LogP contribution in [0.5, 0.6) is 11.8 Å². The first-order valence-corrected chi connectivity index (χ1v) is 8.54. The van der Waals surface area contributed by atoms with Crippen LogP contribution in [0.4, 0.5) is 11.6 Å². The molecule has 0 radical (unpaired) electrons. The molecule has 1 saturated heterocycles. The Morgan fingerprint density at radius 3 is 2.36 bits per heavy atom. The van der Waals surface area contributed by atoms with Gasteiger partial charge in [-0.25, -0.2) is 19.9 Å². The van der Waals surface area contributed by atoms with E-state index in [1.807, 2.05) is 12.1 Å². The molecule has 2 aliphatic rings. The van der Waals surface area contributed by atoms with E-state index in [1.54, 1.807) is 26.9 Å². The molecule has 8 nitrogen and oxygen atoms in total. The molecular weight excluding hydrogens is 320 g/mol. The first-order valence-electron chi connectivity index (χ1n) is 8.54. The summed E-state index contributed by atoms with van der Waals surface area (Å²) in [5.74, 6) is 3.05. The quantitative estimate of drug-likeness (QED) is 0.782. The highest BCUT2D eigenvalue weighted by atomic mass is 16.5. The fraction of sp³-hybridized carbons (Fsp3) is 0.529. The Hall–Kier alpha value is -2.64. The van der Waals surface area contributed by atoms with E-state index in [1.165, 1.54) is 12.8 Å². The number of hydrogen-bond donors (Lipinski definition) is 0. The molecule has 0 N–H and O–H groups in total. The maximum absolute atomic E-state index is 5.26. The Labute approximate surface area is 146 Å². The molecule has 1 saturated carbocycles. The zero-order valence-corrected chi connectivity index (χ0v) is 14.5. The monoisotopic (exact) mass is 342 g/mol. The van der Waals surface area contributed by atoms with Crippen molar-refractivity contribution in [2.45, 2.75) is 31.3 Å². The zero-order chi connectivity index (χ0) is 17.2. The lowest BCUT2D eigenvalue weighted by atomic mass is 10.2. The van der Waals surface area contributed by atoms with Crippen LogP contribution in [0.15, 0.2) is 24.8 Å². The molecule has 8 heteroatoms. The summed E-state index contributed by atoms with van der Waals surface area (Å²) in [6, 6.07) is 4.77. The van der Waals surface area contributed by atoms with Crippen molar-refractivity contribution in [3.8, 4) is 11.8 Å². The minimum absolute atomic E-state index is 0.396. The summed E-state index contributed by atoms with van der Waals surface area (Å²) in [7, 11) is 3.25. The molecule has 0 spiro atoms. The third kappa shape index (κ3) is 3.29. The van der Waals surface area contributed by atoms with Crippen LogP contribution in [-0.2, 0) is 0 Å². The average Bonchev–Trinajstić information content (AvgIpc) is 3.38. The van der Waals surface area contributed by atoms with Crippen LogP contribution in [0.2, 0.25) is 0 Å². The second kappa shape index (κ2) is 6.70. The Bertz CT molecular complexity index is 739. The third-order valence-corrected chi connectivity index (χ3v) is 4.76. The molecule has 1 unspecified atom stereocenters. The summed E-state index contributed by atoms with van der Waals surface area (Å²) in [6.07, 6.45) is 6.62. The summed E-state index contributed by atoms with van der Waals surface area (Å²) in [5.41, 5.74) is 0. The number of hydrogen-bond acceptors (Lipinski definition) is 8. The van der Waals surface area contributed by atoms with Gasteiger partial charge in [0.05, 0.1) is 14.2 Å². The van der Waals surface area contributed by atoms with Gasteiger partial charge in [0, 0.05) is 37.3 Å². The normalized spacial score (nSPS) is 19.8. The number of methoxy groups -OCH3 is 2. The molecule has 4 rings (SSSR count). The van der Waals surface area contributed by atoms with Crippen LogP contribution in [0.1, 0.15) is 19.3 Å². The fourth-order valence-corrected chi connectivity index (χ4v) is 3.40. The number of ether oxygens (including phenoxy) is 2. The molecule has 1 atom stereocenters. The summed E-state index contributed by atoms with van der Waals surface area (Å²) in [4.78, 5) is 21.8. The first kappa shape index (κ1) is 15.9. The van der Waals surface area contributed by atoms with Crippen molar-refractivity contribution in [3.05, 3.63) is 24.8 Å². The lowest BCUT2D eigenvalue weighted by Gasteiger charge is -2.30. The Morgan fingerprint density at radius 2 is 1.64 bits per heavy atom. The largest absolute Gasteiger partial charge is 0.481 e. The van der Waals surface area contributed by atoms with Crippen molar-refractivity contribution < 1.29 is 9.47 Å². The van der Waals surface area contributed by atoms with Gasteiger partial charge in [-0.05, 0) is 19.3 Å². The van der Waals surface area contributed by atoms with Gasteiger partial charge in [-0.1, -0.05) is 0 Å². The zero-order valence-electron chi connectivity index (χ0n) is 14.5. The number of aromatic nitrogens is 4. The van der Waals surface area contributed by atoms with Crippen molar-refractivity contribution >= 4 is 11.6 Å². The van der Waals surface area contributed by atoms with Gasteiger partial charge >= 0.3 is 0 Å². The fourth-order valence-electron chi connectivity index (χ4n) is 3.40. The molecule has 1 aliphatic heterocycles. The Balaban J connectivity index is 1.53. The predicted octanol–water partition coefficient (Wildman–Crippen LogP) is 1.53. The molecule has 2 aromatic rings. The summed E-state index contributed by atoms with van der Waals surface area (Å²) in [5, 5.41) is 0. The maximum atomic E-state index is 5.26. The summed E-state index contributed by atoms with van der Waals surface area (Å²) < 4.78 is 10.5. The standard InChI is InChI=1S/C17H22N6O2/c1-24-16-7-14(18-10-20-16)22-6-5-13(9-22)23(12-3-4-12)15-8-17(25-2)21-11-19-15/h7-8,10-13H,3-6,9H2,1-2H3. The highest BCUT2D eigenvalue weighted by molar-refractivity contribution is 5.49. The number of rotatable bonds is 6. The second-order valence-electron chi connectivity index (χ2n) is 6.36. The molecule has 2 aromatic heterocycles. The molecule has 0 bridgehead atoms. The van der Waals surface area contributed by atoms with Crippen molar-refractivity contribution in [3.63, 3.8) is 0 Å². The molecule has 2 fully saturated rings. The lowest BCUT2D eigenvalue weighted by Crippen LogP contribution is -2.40. The molecular formula is C17H22N6O2. The van der Waals surface area contributed by atoms with Gasteiger partial charge in [0.1, 0.15) is 24.3 Å². The molecule has 25 heavy (non-hydrogen) atoms. The van der Waals surface area contributed by atoms with Crippen molar-refractivity contribution in [2.24, 2.45) is 0 Å². The van der Waals surface area contributed by atoms with E-state index < -0.39 is 0 Å². The van der Waals surface area contributed by atoms with Crippen LogP contribution in [0.25, 0.3) is 0 Å². The predicted molar refractivity (Wildman–Crippen MR) is 93.3 cm³/mol. The van der Waals surface area contributed by atoms with Gasteiger partial charge in [-0.15, -0.1) is 0 Å². The van der Waals surface area contributed by atoms with E-state index in [4.69, 9.17) is 9.47 Å². The van der Waals surface area contributed by atoms with Crippen LogP contribution < -0.4 is 19.3 Å². The summed E-state index contributed by atoms with van der Waals surface area (Å²) in [6.45, 7) is 1.86. The smallest absolute Gasteiger partial charge is 0.218 e. The van der Waals surface area contributed by atoms with E-state index in [-0.39, 0.29) is 0 Å². The van der Waals surface area contributed by atoms with Gasteiger partial charge in [0.15, 0.2) is 0 Å². The minimum atomic E-state index is 0.396. The van der Waals surface area contributed by atoms with Gasteiger partial charge in [-0.2, -0.15) is 0 Å². The van der Waals surface area contributed by atoms with Crippen LogP contribution >= 0.6 is 0 Å². The molecule has 132 valence electrons. The van der Waals surface area contributed by atoms with Crippen molar-refractivity contribution in [1.82, 2.24) is 19.9 Å². The minimum Gasteiger partial charge on any atom is -0.481 e. The first-order chi connectivity index (χ1) is 12.3. The van der Waals surface area contributed by atoms with E-state index in [0.29, 0.717) is 23.8 Å². The topological polar surface area (TPSA) is 76.5 Å². The Kier molecular flexibility index (Phi) is 4.25. The highest BCUT2D eigenvalue weighted by Crippen LogP contribution is 2.36. The molecule has 0 aromatic carbocycles. The van der Waals surface area contributed by atoms with E-state index >= 15 is 0 Å². The van der Waals surface area contributed by atoms with Crippen LogP contribution in [-0.4, -0.2) is 59.3 Å². The van der Waals surface area contributed by atoms with Gasteiger partial charge < -0.3 is 19.3 Å². The molecule has 0 amide bonds. The lowest BCUT2D eigenvalue weighted by molar-refractivity contribution is 0.396. The van der Waals surface area contributed by atoms with Gasteiger partial charge in [0.25, 0.3) is 0 Å². The SMILES string of the molecule is COc1cc(N2CCC(N(c3cc(OC)ncn3)C3CC3)C2)ncn1. The average molecular weight is 342 g/mol. The van der Waals surface area contributed by atoms with Gasteiger partial charge in [0.2, 0.25) is 11.8 Å². The van der Waals surface area contributed by atoms with E-state index in [2.05, 4.69) is 29.7 Å². The van der Waals surface area contributed by atoms with Gasteiger partial charge in [-0.3, -0.25) is 0 Å². The molecule has 3 heterocycles. The summed E-state index contributed by atoms with van der Waals surface area (Å²) >= 11 is 0.